The number of benzene rings is 1. The number of rotatable bonds is 3. The van der Waals surface area contributed by atoms with E-state index in [9.17, 15) is 4.79 Å². The van der Waals surface area contributed by atoms with Crippen LogP contribution in [-0.2, 0) is 17.6 Å². The van der Waals surface area contributed by atoms with Crippen molar-refractivity contribution in [3.05, 3.63) is 51.8 Å². The Hall–Kier alpha value is -2.62. The zero-order chi connectivity index (χ0) is 19.5. The number of aromatic nitrogens is 2. The molecule has 28 heavy (non-hydrogen) atoms. The summed E-state index contributed by atoms with van der Waals surface area (Å²) in [4.78, 5) is 22.8. The molecule has 1 aromatic carbocycles. The van der Waals surface area contributed by atoms with Crippen molar-refractivity contribution in [1.82, 2.24) is 14.9 Å². The maximum Gasteiger partial charge on any atom is 0.258 e. The van der Waals surface area contributed by atoms with E-state index in [4.69, 9.17) is 16.3 Å². The van der Waals surface area contributed by atoms with Gasteiger partial charge in [-0.25, -0.2) is 9.97 Å². The first-order valence-electron chi connectivity index (χ1n) is 9.33. The Bertz CT molecular complexity index is 943. The van der Waals surface area contributed by atoms with Crippen LogP contribution in [0, 0.1) is 11.8 Å². The van der Waals surface area contributed by atoms with Crippen LogP contribution in [0.25, 0.3) is 0 Å². The fourth-order valence-corrected chi connectivity index (χ4v) is 3.92. The largest absolute Gasteiger partial charge is 0.361 e. The van der Waals surface area contributed by atoms with Crippen molar-refractivity contribution < 1.29 is 9.53 Å². The lowest BCUT2D eigenvalue weighted by Gasteiger charge is -2.26. The van der Waals surface area contributed by atoms with Crippen molar-refractivity contribution in [3.63, 3.8) is 0 Å². The summed E-state index contributed by atoms with van der Waals surface area (Å²) >= 11 is 6.23. The van der Waals surface area contributed by atoms with Gasteiger partial charge in [-0.05, 0) is 49.4 Å². The van der Waals surface area contributed by atoms with Crippen molar-refractivity contribution in [2.45, 2.75) is 32.2 Å². The molecule has 144 valence electrons. The molecule has 4 rings (SSSR count). The lowest BCUT2D eigenvalue weighted by atomic mass is 10.0. The molecule has 1 amide bonds. The molecule has 1 aliphatic heterocycles. The lowest BCUT2D eigenvalue weighted by molar-refractivity contribution is -0.00575. The standard InChI is InChI=1S/C21H21ClN4O2/c1-2-4-14-7-17(22)8-15-9-18(10-19(14)15)25-21-23-11-16(12-24-21)20(27)26-5-3-6-28-13-26/h7-8,11-12,18H,3,5-6,9-10,13H2,1H3,(H,23,24,25). The third kappa shape index (κ3) is 3.96. The van der Waals surface area contributed by atoms with Gasteiger partial charge in [-0.15, -0.1) is 5.92 Å². The third-order valence-corrected chi connectivity index (χ3v) is 5.18. The number of halogens is 1. The summed E-state index contributed by atoms with van der Waals surface area (Å²) in [5.74, 6) is 6.50. The van der Waals surface area contributed by atoms with E-state index >= 15 is 0 Å². The molecular weight excluding hydrogens is 376 g/mol. The number of carbonyl (C=O) groups excluding carboxylic acids is 1. The van der Waals surface area contributed by atoms with Gasteiger partial charge in [-0.1, -0.05) is 17.5 Å². The van der Waals surface area contributed by atoms with Crippen molar-refractivity contribution in [1.29, 1.82) is 0 Å². The van der Waals surface area contributed by atoms with Crippen LogP contribution in [0.1, 0.15) is 40.4 Å². The van der Waals surface area contributed by atoms with Crippen LogP contribution >= 0.6 is 11.6 Å². The number of hydrogen-bond donors (Lipinski definition) is 1. The molecule has 1 unspecified atom stereocenters. The highest BCUT2D eigenvalue weighted by molar-refractivity contribution is 6.30. The average molecular weight is 397 g/mol. The van der Waals surface area contributed by atoms with Gasteiger partial charge >= 0.3 is 0 Å². The molecule has 2 aromatic rings. The summed E-state index contributed by atoms with van der Waals surface area (Å²) in [5, 5.41) is 4.07. The molecule has 6 nitrogen and oxygen atoms in total. The van der Waals surface area contributed by atoms with Crippen molar-refractivity contribution in [2.24, 2.45) is 0 Å². The SMILES string of the molecule is CC#Cc1cc(Cl)cc2c1CC(Nc1ncc(C(=O)N3CCCOC3)cn1)C2. The van der Waals surface area contributed by atoms with E-state index in [1.165, 1.54) is 11.1 Å². The minimum absolute atomic E-state index is 0.100. The molecular formula is C21H21ClN4O2. The first kappa shape index (κ1) is 18.7. The number of hydrogen-bond acceptors (Lipinski definition) is 5. The quantitative estimate of drug-likeness (QED) is 0.808. The fourth-order valence-electron chi connectivity index (χ4n) is 3.68. The number of nitrogens with one attached hydrogen (secondary N) is 1. The molecule has 7 heteroatoms. The van der Waals surface area contributed by atoms with Gasteiger partial charge in [0.05, 0.1) is 12.2 Å². The zero-order valence-electron chi connectivity index (χ0n) is 15.7. The fraction of sp³-hybridized carbons (Fsp3) is 0.381. The van der Waals surface area contributed by atoms with Gasteiger partial charge in [-0.3, -0.25) is 4.79 Å². The van der Waals surface area contributed by atoms with Gasteiger partial charge in [0, 0.05) is 35.6 Å². The Morgan fingerprint density at radius 3 is 2.86 bits per heavy atom. The summed E-state index contributed by atoms with van der Waals surface area (Å²) in [5.41, 5.74) is 3.89. The first-order chi connectivity index (χ1) is 13.6. The molecule has 1 aliphatic carbocycles. The average Bonchev–Trinajstić information content (AvgIpc) is 3.11. The summed E-state index contributed by atoms with van der Waals surface area (Å²) in [7, 11) is 0. The van der Waals surface area contributed by atoms with E-state index in [1.807, 2.05) is 19.1 Å². The smallest absolute Gasteiger partial charge is 0.258 e. The maximum absolute atomic E-state index is 12.5. The number of carbonyl (C=O) groups is 1. The number of ether oxygens (including phenoxy) is 1. The van der Waals surface area contributed by atoms with Crippen LogP contribution < -0.4 is 5.32 Å². The second kappa shape index (κ2) is 8.17. The molecule has 1 atom stereocenters. The van der Waals surface area contributed by atoms with Crippen LogP contribution in [0.4, 0.5) is 5.95 Å². The minimum Gasteiger partial charge on any atom is -0.361 e. The second-order valence-electron chi connectivity index (χ2n) is 6.97. The van der Waals surface area contributed by atoms with Gasteiger partial charge in [0.2, 0.25) is 5.95 Å². The van der Waals surface area contributed by atoms with Crippen LogP contribution in [-0.4, -0.2) is 46.7 Å². The molecule has 1 N–H and O–H groups in total. The van der Waals surface area contributed by atoms with Gasteiger partial charge < -0.3 is 15.0 Å². The van der Waals surface area contributed by atoms with Gasteiger partial charge in [0.1, 0.15) is 6.73 Å². The molecule has 0 bridgehead atoms. The molecule has 0 radical (unpaired) electrons. The third-order valence-electron chi connectivity index (χ3n) is 4.97. The van der Waals surface area contributed by atoms with Gasteiger partial charge in [0.15, 0.2) is 0 Å². The zero-order valence-corrected chi connectivity index (χ0v) is 16.4. The molecule has 0 spiro atoms. The molecule has 2 aliphatic rings. The summed E-state index contributed by atoms with van der Waals surface area (Å²) < 4.78 is 5.34. The Kier molecular flexibility index (Phi) is 5.47. The number of fused-ring (bicyclic) bond motifs is 1. The van der Waals surface area contributed by atoms with E-state index < -0.39 is 0 Å². The Morgan fingerprint density at radius 2 is 2.14 bits per heavy atom. The van der Waals surface area contributed by atoms with E-state index in [0.29, 0.717) is 36.4 Å². The minimum atomic E-state index is -0.100. The molecule has 0 saturated carbocycles. The monoisotopic (exact) mass is 396 g/mol. The van der Waals surface area contributed by atoms with Crippen LogP contribution in [0.5, 0.6) is 0 Å². The number of anilines is 1. The van der Waals surface area contributed by atoms with E-state index in [2.05, 4.69) is 27.1 Å². The van der Waals surface area contributed by atoms with Crippen molar-refractivity contribution in [2.75, 3.05) is 25.2 Å². The predicted octanol–water partition coefficient (Wildman–Crippen LogP) is 2.90. The lowest BCUT2D eigenvalue weighted by Crippen LogP contribution is -2.38. The van der Waals surface area contributed by atoms with E-state index in [1.54, 1.807) is 17.3 Å². The van der Waals surface area contributed by atoms with Crippen molar-refractivity contribution in [3.8, 4) is 11.8 Å². The summed E-state index contributed by atoms with van der Waals surface area (Å²) in [6.45, 7) is 3.55. The van der Waals surface area contributed by atoms with Crippen molar-refractivity contribution >= 4 is 23.5 Å². The Morgan fingerprint density at radius 1 is 1.32 bits per heavy atom. The van der Waals surface area contributed by atoms with E-state index in [-0.39, 0.29) is 11.9 Å². The highest BCUT2D eigenvalue weighted by Gasteiger charge is 2.25. The summed E-state index contributed by atoms with van der Waals surface area (Å²) in [6, 6.07) is 4.09. The van der Waals surface area contributed by atoms with E-state index in [0.717, 1.165) is 24.8 Å². The number of nitrogens with zero attached hydrogens (tertiary/aromatic N) is 3. The highest BCUT2D eigenvalue weighted by atomic mass is 35.5. The molecule has 1 fully saturated rings. The molecule has 2 heterocycles. The normalized spacial score (nSPS) is 18.2. The topological polar surface area (TPSA) is 67.4 Å². The molecule has 1 aromatic heterocycles. The van der Waals surface area contributed by atoms with Crippen LogP contribution in [0.2, 0.25) is 5.02 Å². The second-order valence-corrected chi connectivity index (χ2v) is 7.41. The van der Waals surface area contributed by atoms with Crippen LogP contribution in [0.15, 0.2) is 24.5 Å². The Labute approximate surface area is 169 Å². The van der Waals surface area contributed by atoms with Gasteiger partial charge in [0.25, 0.3) is 5.91 Å². The highest BCUT2D eigenvalue weighted by Crippen LogP contribution is 2.30. The summed E-state index contributed by atoms with van der Waals surface area (Å²) in [6.07, 6.45) is 5.66. The Balaban J connectivity index is 1.43. The molecule has 1 saturated heterocycles. The maximum atomic E-state index is 12.5. The van der Waals surface area contributed by atoms with Gasteiger partial charge in [-0.2, -0.15) is 0 Å². The first-order valence-corrected chi connectivity index (χ1v) is 9.71. The number of amides is 1. The predicted molar refractivity (Wildman–Crippen MR) is 107 cm³/mol. The van der Waals surface area contributed by atoms with Crippen LogP contribution in [0.3, 0.4) is 0 Å².